The molecule has 8 heteroatoms. The molecule has 0 spiro atoms. The molecular weight excluding hydrogens is 349 g/mol. The summed E-state index contributed by atoms with van der Waals surface area (Å²) in [6.45, 7) is 0.732. The average molecular weight is 364 g/mol. The summed E-state index contributed by atoms with van der Waals surface area (Å²) in [5.74, 6) is -0.258. The van der Waals surface area contributed by atoms with Gasteiger partial charge in [-0.2, -0.15) is 5.26 Å². The Balaban J connectivity index is 1.84. The van der Waals surface area contributed by atoms with E-state index in [1.165, 1.54) is 0 Å². The molecule has 2 aromatic rings. The van der Waals surface area contributed by atoms with Crippen molar-refractivity contribution in [1.29, 1.82) is 5.26 Å². The van der Waals surface area contributed by atoms with Crippen LogP contribution >= 0.6 is 23.2 Å². The van der Waals surface area contributed by atoms with Crippen LogP contribution in [0.2, 0.25) is 10.0 Å². The van der Waals surface area contributed by atoms with Crippen LogP contribution in [0.1, 0.15) is 36.8 Å². The lowest BCUT2D eigenvalue weighted by Crippen LogP contribution is -2.23. The van der Waals surface area contributed by atoms with E-state index < -0.39 is 11.8 Å². The summed E-state index contributed by atoms with van der Waals surface area (Å²) in [7, 11) is 0. The fourth-order valence-electron chi connectivity index (χ4n) is 2.74. The Morgan fingerprint density at radius 1 is 1.25 bits per heavy atom. The normalized spacial score (nSPS) is 15.0. The fourth-order valence-corrected chi connectivity index (χ4v) is 3.04. The molecule has 1 aromatic carbocycles. The van der Waals surface area contributed by atoms with Crippen molar-refractivity contribution in [3.8, 4) is 6.07 Å². The number of aryl methyl sites for hydroxylation is 1. The van der Waals surface area contributed by atoms with E-state index in [1.54, 1.807) is 18.2 Å². The number of aromatic nitrogens is 3. The highest BCUT2D eigenvalue weighted by atomic mass is 35.5. The summed E-state index contributed by atoms with van der Waals surface area (Å²) < 4.78 is 1.90. The van der Waals surface area contributed by atoms with Gasteiger partial charge in [0.2, 0.25) is 5.91 Å². The van der Waals surface area contributed by atoms with Gasteiger partial charge in [0.1, 0.15) is 5.82 Å². The van der Waals surface area contributed by atoms with Crippen molar-refractivity contribution in [2.75, 3.05) is 5.32 Å². The van der Waals surface area contributed by atoms with E-state index in [4.69, 9.17) is 23.2 Å². The molecule has 0 radical (unpaired) electrons. The van der Waals surface area contributed by atoms with Gasteiger partial charge in [-0.1, -0.05) is 29.6 Å². The molecule has 1 aliphatic rings. The van der Waals surface area contributed by atoms with E-state index in [9.17, 15) is 10.1 Å². The van der Waals surface area contributed by atoms with Gasteiger partial charge < -0.3 is 9.88 Å². The Labute approximate surface area is 149 Å². The Hall–Kier alpha value is -2.10. The molecular formula is C16H15Cl2N5O. The minimum atomic E-state index is -1.03. The van der Waals surface area contributed by atoms with Gasteiger partial charge in [-0.3, -0.25) is 4.79 Å². The summed E-state index contributed by atoms with van der Waals surface area (Å²) in [4.78, 5) is 12.5. The maximum atomic E-state index is 12.5. The molecule has 24 heavy (non-hydrogen) atoms. The Bertz CT molecular complexity index is 811. The zero-order chi connectivity index (χ0) is 17.1. The van der Waals surface area contributed by atoms with Gasteiger partial charge in [0, 0.05) is 18.7 Å². The van der Waals surface area contributed by atoms with E-state index in [-0.39, 0.29) is 0 Å². The van der Waals surface area contributed by atoms with Crippen LogP contribution in [0, 0.1) is 11.3 Å². The van der Waals surface area contributed by atoms with Crippen LogP contribution < -0.4 is 5.32 Å². The number of hydrogen-bond donors (Lipinski definition) is 1. The van der Waals surface area contributed by atoms with Gasteiger partial charge in [-0.05, 0) is 31.0 Å². The van der Waals surface area contributed by atoms with Crippen LogP contribution in [0.4, 0.5) is 5.69 Å². The monoisotopic (exact) mass is 363 g/mol. The highest BCUT2D eigenvalue weighted by molar-refractivity contribution is 6.42. The Morgan fingerprint density at radius 2 is 2.08 bits per heavy atom. The van der Waals surface area contributed by atoms with Gasteiger partial charge in [0.05, 0.1) is 16.1 Å². The number of fused-ring (bicyclic) bond motifs is 1. The highest BCUT2D eigenvalue weighted by Gasteiger charge is 2.28. The molecule has 2 heterocycles. The Morgan fingerprint density at radius 3 is 2.83 bits per heavy atom. The first-order chi connectivity index (χ1) is 11.6. The van der Waals surface area contributed by atoms with Crippen LogP contribution in [0.25, 0.3) is 0 Å². The van der Waals surface area contributed by atoms with Crippen LogP contribution in [0.5, 0.6) is 0 Å². The van der Waals surface area contributed by atoms with Gasteiger partial charge in [-0.25, -0.2) is 0 Å². The van der Waals surface area contributed by atoms with Gasteiger partial charge >= 0.3 is 0 Å². The maximum absolute atomic E-state index is 12.5. The molecule has 6 nitrogen and oxygen atoms in total. The molecule has 1 amide bonds. The zero-order valence-corrected chi connectivity index (χ0v) is 14.3. The van der Waals surface area contributed by atoms with Crippen molar-refractivity contribution in [1.82, 2.24) is 14.8 Å². The number of carbonyl (C=O) groups is 1. The minimum Gasteiger partial charge on any atom is -0.324 e. The topological polar surface area (TPSA) is 83.6 Å². The summed E-state index contributed by atoms with van der Waals surface area (Å²) in [6, 6.07) is 6.79. The standard InChI is InChI=1S/C16H15Cl2N5O/c17-12-6-5-10(8-13(12)18)20-16(24)11(9-19)15-22-21-14-4-2-1-3-7-23(14)15/h5-6,8,11H,1-4,7H2,(H,20,24)/t11-/m0/s1. The number of halogens is 2. The first-order valence-corrected chi connectivity index (χ1v) is 8.43. The number of hydrogen-bond acceptors (Lipinski definition) is 4. The molecule has 0 saturated heterocycles. The van der Waals surface area contributed by atoms with E-state index >= 15 is 0 Å². The third kappa shape index (κ3) is 3.37. The van der Waals surface area contributed by atoms with Crippen LogP contribution in [-0.4, -0.2) is 20.7 Å². The van der Waals surface area contributed by atoms with Crippen LogP contribution in [-0.2, 0) is 17.8 Å². The SMILES string of the molecule is N#C[C@H](C(=O)Nc1ccc(Cl)c(Cl)c1)c1nnc2n1CCCCC2. The van der Waals surface area contributed by atoms with Gasteiger partial charge in [-0.15, -0.1) is 10.2 Å². The first-order valence-electron chi connectivity index (χ1n) is 7.67. The smallest absolute Gasteiger partial charge is 0.249 e. The average Bonchev–Trinajstić information content (AvgIpc) is 2.80. The van der Waals surface area contributed by atoms with Crippen molar-refractivity contribution < 1.29 is 4.79 Å². The van der Waals surface area contributed by atoms with Crippen molar-refractivity contribution in [2.24, 2.45) is 0 Å². The molecule has 0 fully saturated rings. The van der Waals surface area contributed by atoms with Crippen LogP contribution in [0.15, 0.2) is 18.2 Å². The predicted molar refractivity (Wildman–Crippen MR) is 91.0 cm³/mol. The Kier molecular flexibility index (Phi) is 5.03. The number of nitrogens with one attached hydrogen (secondary N) is 1. The number of amides is 1. The second kappa shape index (κ2) is 7.20. The molecule has 1 N–H and O–H groups in total. The quantitative estimate of drug-likeness (QED) is 0.903. The lowest BCUT2D eigenvalue weighted by atomic mass is 10.1. The van der Waals surface area contributed by atoms with E-state index in [0.717, 1.165) is 38.1 Å². The lowest BCUT2D eigenvalue weighted by molar-refractivity contribution is -0.116. The molecule has 0 aliphatic carbocycles. The summed E-state index contributed by atoms with van der Waals surface area (Å²) in [6.07, 6.45) is 3.96. The molecule has 1 aliphatic heterocycles. The molecule has 1 aromatic heterocycles. The van der Waals surface area contributed by atoms with Crippen molar-refractivity contribution in [2.45, 2.75) is 38.1 Å². The lowest BCUT2D eigenvalue weighted by Gasteiger charge is -2.12. The first kappa shape index (κ1) is 16.7. The highest BCUT2D eigenvalue weighted by Crippen LogP contribution is 2.26. The largest absolute Gasteiger partial charge is 0.324 e. The number of carbonyl (C=O) groups excluding carboxylic acids is 1. The molecule has 0 saturated carbocycles. The van der Waals surface area contributed by atoms with Crippen molar-refractivity contribution >= 4 is 34.8 Å². The maximum Gasteiger partial charge on any atom is 0.249 e. The van der Waals surface area contributed by atoms with Crippen molar-refractivity contribution in [3.05, 3.63) is 39.9 Å². The zero-order valence-electron chi connectivity index (χ0n) is 12.8. The third-order valence-corrected chi connectivity index (χ3v) is 4.71. The minimum absolute atomic E-state index is 0.333. The molecule has 3 rings (SSSR count). The summed E-state index contributed by atoms with van der Waals surface area (Å²) >= 11 is 11.8. The van der Waals surface area contributed by atoms with Gasteiger partial charge in [0.15, 0.2) is 11.7 Å². The molecule has 0 bridgehead atoms. The number of benzene rings is 1. The number of rotatable bonds is 3. The second-order valence-corrected chi connectivity index (χ2v) is 6.43. The third-order valence-electron chi connectivity index (χ3n) is 3.97. The summed E-state index contributed by atoms with van der Waals surface area (Å²) in [5, 5.41) is 21.1. The molecule has 124 valence electrons. The van der Waals surface area contributed by atoms with E-state index in [1.807, 2.05) is 10.6 Å². The number of anilines is 1. The van der Waals surface area contributed by atoms with E-state index in [2.05, 4.69) is 15.5 Å². The molecule has 0 unspecified atom stereocenters. The second-order valence-electron chi connectivity index (χ2n) is 5.62. The number of nitriles is 1. The van der Waals surface area contributed by atoms with Crippen molar-refractivity contribution in [3.63, 3.8) is 0 Å². The van der Waals surface area contributed by atoms with Crippen LogP contribution in [0.3, 0.4) is 0 Å². The number of nitrogens with zero attached hydrogens (tertiary/aromatic N) is 4. The van der Waals surface area contributed by atoms with E-state index in [0.29, 0.717) is 21.6 Å². The predicted octanol–water partition coefficient (Wildman–Crippen LogP) is 3.56. The summed E-state index contributed by atoms with van der Waals surface area (Å²) in [5.41, 5.74) is 0.477. The fraction of sp³-hybridized carbons (Fsp3) is 0.375. The van der Waals surface area contributed by atoms with Gasteiger partial charge in [0.25, 0.3) is 0 Å². The molecule has 1 atom stereocenters.